The minimum absolute atomic E-state index is 0.00119. The molecular weight excluding hydrogens is 372 g/mol. The summed E-state index contributed by atoms with van der Waals surface area (Å²) in [4.78, 5) is 28.4. The first kappa shape index (κ1) is 18.8. The van der Waals surface area contributed by atoms with Gasteiger partial charge in [0.2, 0.25) is 0 Å². The van der Waals surface area contributed by atoms with E-state index in [4.69, 9.17) is 4.74 Å². The van der Waals surface area contributed by atoms with Gasteiger partial charge in [-0.2, -0.15) is 0 Å². The standard InChI is InChI=1S/C18H25BrN2O3/c1-12-10-14(6-7-15(12)19)16(22)20-8-9-21(13(2)11-20)17(23)24-18(3,4)5/h6-7,10,13H,8-9,11H2,1-5H3/t13-/m1/s1. The number of aryl methyl sites for hydroxylation is 1. The Morgan fingerprint density at radius 3 is 2.46 bits per heavy atom. The Morgan fingerprint density at radius 1 is 1.25 bits per heavy atom. The van der Waals surface area contributed by atoms with Crippen LogP contribution in [-0.2, 0) is 4.74 Å². The summed E-state index contributed by atoms with van der Waals surface area (Å²) in [5.74, 6) is 0.00119. The number of rotatable bonds is 1. The summed E-state index contributed by atoms with van der Waals surface area (Å²) in [5.41, 5.74) is 1.19. The average Bonchev–Trinajstić information content (AvgIpc) is 2.47. The fourth-order valence-electron chi connectivity index (χ4n) is 2.69. The average molecular weight is 397 g/mol. The Kier molecular flexibility index (Phi) is 5.58. The molecule has 1 atom stereocenters. The van der Waals surface area contributed by atoms with Gasteiger partial charge < -0.3 is 14.5 Å². The lowest BCUT2D eigenvalue weighted by molar-refractivity contribution is 0.00198. The van der Waals surface area contributed by atoms with E-state index < -0.39 is 5.60 Å². The fraction of sp³-hybridized carbons (Fsp3) is 0.556. The van der Waals surface area contributed by atoms with Gasteiger partial charge in [0.15, 0.2) is 0 Å². The predicted octanol–water partition coefficient (Wildman–Crippen LogP) is 3.84. The summed E-state index contributed by atoms with van der Waals surface area (Å²) >= 11 is 3.45. The van der Waals surface area contributed by atoms with Gasteiger partial charge in [-0.25, -0.2) is 4.79 Å². The smallest absolute Gasteiger partial charge is 0.410 e. The van der Waals surface area contributed by atoms with Crippen LogP contribution in [-0.4, -0.2) is 53.1 Å². The molecule has 0 saturated carbocycles. The first-order valence-corrected chi connectivity index (χ1v) is 8.93. The van der Waals surface area contributed by atoms with E-state index >= 15 is 0 Å². The maximum atomic E-state index is 12.7. The fourth-order valence-corrected chi connectivity index (χ4v) is 2.94. The van der Waals surface area contributed by atoms with E-state index in [0.29, 0.717) is 25.2 Å². The summed E-state index contributed by atoms with van der Waals surface area (Å²) in [6, 6.07) is 5.53. The highest BCUT2D eigenvalue weighted by molar-refractivity contribution is 9.10. The first-order chi connectivity index (χ1) is 11.1. The number of nitrogens with zero attached hydrogens (tertiary/aromatic N) is 2. The molecule has 0 bridgehead atoms. The highest BCUT2D eigenvalue weighted by Gasteiger charge is 2.32. The van der Waals surface area contributed by atoms with Gasteiger partial charge in [0.25, 0.3) is 5.91 Å². The molecule has 0 N–H and O–H groups in total. The lowest BCUT2D eigenvalue weighted by Gasteiger charge is -2.40. The second-order valence-electron chi connectivity index (χ2n) is 7.24. The van der Waals surface area contributed by atoms with Crippen molar-refractivity contribution in [3.63, 3.8) is 0 Å². The van der Waals surface area contributed by atoms with E-state index in [1.165, 1.54) is 0 Å². The van der Waals surface area contributed by atoms with E-state index in [1.54, 1.807) is 9.80 Å². The predicted molar refractivity (Wildman–Crippen MR) is 97.2 cm³/mol. The minimum atomic E-state index is -0.515. The molecule has 0 radical (unpaired) electrons. The van der Waals surface area contributed by atoms with Crippen molar-refractivity contribution in [1.82, 2.24) is 9.80 Å². The third-order valence-corrected chi connectivity index (χ3v) is 4.84. The van der Waals surface area contributed by atoms with Crippen molar-refractivity contribution in [2.75, 3.05) is 19.6 Å². The Balaban J connectivity index is 2.03. The Labute approximate surface area is 152 Å². The zero-order valence-electron chi connectivity index (χ0n) is 14.9. The molecular formula is C18H25BrN2O3. The van der Waals surface area contributed by atoms with Gasteiger partial charge in [-0.1, -0.05) is 15.9 Å². The van der Waals surface area contributed by atoms with E-state index in [0.717, 1.165) is 10.0 Å². The molecule has 1 aromatic rings. The van der Waals surface area contributed by atoms with Crippen molar-refractivity contribution in [2.45, 2.75) is 46.3 Å². The maximum absolute atomic E-state index is 12.7. The van der Waals surface area contributed by atoms with Crippen LogP contribution in [0.5, 0.6) is 0 Å². The summed E-state index contributed by atoms with van der Waals surface area (Å²) in [7, 11) is 0. The van der Waals surface area contributed by atoms with Crippen molar-refractivity contribution < 1.29 is 14.3 Å². The second kappa shape index (κ2) is 7.13. The Hall–Kier alpha value is -1.56. The number of amides is 2. The number of benzene rings is 1. The van der Waals surface area contributed by atoms with Gasteiger partial charge in [0.1, 0.15) is 5.60 Å². The topological polar surface area (TPSA) is 49.9 Å². The van der Waals surface area contributed by atoms with Crippen molar-refractivity contribution in [2.24, 2.45) is 0 Å². The molecule has 0 aliphatic carbocycles. The van der Waals surface area contributed by atoms with E-state index in [-0.39, 0.29) is 18.0 Å². The summed E-state index contributed by atoms with van der Waals surface area (Å²) in [6.07, 6.45) is -0.318. The Bertz CT molecular complexity index is 640. The van der Waals surface area contributed by atoms with Crippen molar-refractivity contribution in [3.05, 3.63) is 33.8 Å². The van der Waals surface area contributed by atoms with Gasteiger partial charge in [-0.15, -0.1) is 0 Å². The largest absolute Gasteiger partial charge is 0.444 e. The van der Waals surface area contributed by atoms with Crippen LogP contribution in [0.2, 0.25) is 0 Å². The molecule has 2 amide bonds. The van der Waals surface area contributed by atoms with Gasteiger partial charge in [-0.05, 0) is 58.4 Å². The highest BCUT2D eigenvalue weighted by Crippen LogP contribution is 2.20. The molecule has 1 aliphatic rings. The SMILES string of the molecule is Cc1cc(C(=O)N2CCN(C(=O)OC(C)(C)C)[C@H](C)C2)ccc1Br. The number of halogens is 1. The van der Waals surface area contributed by atoms with Crippen molar-refractivity contribution >= 4 is 27.9 Å². The van der Waals surface area contributed by atoms with E-state index in [1.807, 2.05) is 52.8 Å². The number of hydrogen-bond donors (Lipinski definition) is 0. The van der Waals surface area contributed by atoms with Crippen LogP contribution < -0.4 is 0 Å². The second-order valence-corrected chi connectivity index (χ2v) is 8.09. The number of hydrogen-bond acceptors (Lipinski definition) is 3. The van der Waals surface area contributed by atoms with Crippen LogP contribution in [0.3, 0.4) is 0 Å². The monoisotopic (exact) mass is 396 g/mol. The van der Waals surface area contributed by atoms with Gasteiger partial charge in [0, 0.05) is 35.7 Å². The first-order valence-electron chi connectivity index (χ1n) is 8.13. The van der Waals surface area contributed by atoms with Gasteiger partial charge in [-0.3, -0.25) is 4.79 Å². The van der Waals surface area contributed by atoms with Gasteiger partial charge in [0.05, 0.1) is 0 Å². The molecule has 0 aromatic heterocycles. The molecule has 1 aliphatic heterocycles. The molecule has 1 saturated heterocycles. The lowest BCUT2D eigenvalue weighted by atomic mass is 10.1. The van der Waals surface area contributed by atoms with Crippen LogP contribution in [0.4, 0.5) is 4.79 Å². The third-order valence-electron chi connectivity index (χ3n) is 3.95. The normalized spacial score (nSPS) is 18.5. The molecule has 24 heavy (non-hydrogen) atoms. The molecule has 1 aromatic carbocycles. The summed E-state index contributed by atoms with van der Waals surface area (Å²) in [5, 5.41) is 0. The van der Waals surface area contributed by atoms with Crippen LogP contribution in [0.15, 0.2) is 22.7 Å². The van der Waals surface area contributed by atoms with Gasteiger partial charge >= 0.3 is 6.09 Å². The zero-order valence-corrected chi connectivity index (χ0v) is 16.5. The van der Waals surface area contributed by atoms with Crippen LogP contribution in [0, 0.1) is 6.92 Å². The Morgan fingerprint density at radius 2 is 1.92 bits per heavy atom. The van der Waals surface area contributed by atoms with Crippen LogP contribution in [0.1, 0.15) is 43.6 Å². The molecule has 1 heterocycles. The maximum Gasteiger partial charge on any atom is 0.410 e. The molecule has 1 fully saturated rings. The van der Waals surface area contributed by atoms with Crippen LogP contribution in [0.25, 0.3) is 0 Å². The number of piperazine rings is 1. The molecule has 5 nitrogen and oxygen atoms in total. The highest BCUT2D eigenvalue weighted by atomic mass is 79.9. The zero-order chi connectivity index (χ0) is 18.1. The molecule has 2 rings (SSSR count). The lowest BCUT2D eigenvalue weighted by Crippen LogP contribution is -2.56. The summed E-state index contributed by atoms with van der Waals surface area (Å²) < 4.78 is 6.42. The minimum Gasteiger partial charge on any atom is -0.444 e. The van der Waals surface area contributed by atoms with Crippen LogP contribution >= 0.6 is 15.9 Å². The van der Waals surface area contributed by atoms with E-state index in [9.17, 15) is 9.59 Å². The molecule has 6 heteroatoms. The van der Waals surface area contributed by atoms with Crippen molar-refractivity contribution in [1.29, 1.82) is 0 Å². The summed E-state index contributed by atoms with van der Waals surface area (Å²) in [6.45, 7) is 11.0. The van der Waals surface area contributed by atoms with E-state index in [2.05, 4.69) is 15.9 Å². The quantitative estimate of drug-likeness (QED) is 0.724. The number of ether oxygens (including phenoxy) is 1. The molecule has 0 unspecified atom stereocenters. The number of carbonyl (C=O) groups excluding carboxylic acids is 2. The number of carbonyl (C=O) groups is 2. The molecule has 132 valence electrons. The molecule has 0 spiro atoms. The van der Waals surface area contributed by atoms with Crippen molar-refractivity contribution in [3.8, 4) is 0 Å². The third kappa shape index (κ3) is 4.50.